The lowest BCUT2D eigenvalue weighted by molar-refractivity contribution is -0.107. The Hall–Kier alpha value is -0.540. The highest BCUT2D eigenvalue weighted by atomic mass is 32.2. The Labute approximate surface area is 134 Å². The van der Waals surface area contributed by atoms with Crippen molar-refractivity contribution in [3.8, 4) is 0 Å². The average Bonchev–Trinajstić information content (AvgIpc) is 2.85. The molecule has 0 heterocycles. The molecule has 0 aromatic rings. The second kappa shape index (κ2) is 8.79. The van der Waals surface area contributed by atoms with E-state index in [9.17, 15) is 4.79 Å². The number of ether oxygens (including phenoxy) is 1. The van der Waals surface area contributed by atoms with Crippen LogP contribution in [0.1, 0.15) is 59.3 Å². The van der Waals surface area contributed by atoms with Gasteiger partial charge in [-0.2, -0.15) is 0 Å². The summed E-state index contributed by atoms with van der Waals surface area (Å²) in [6.45, 7) is 6.63. The molecule has 2 nitrogen and oxygen atoms in total. The first-order chi connectivity index (χ1) is 9.86. The Morgan fingerprint density at radius 3 is 2.81 bits per heavy atom. The Kier molecular flexibility index (Phi) is 7.75. The van der Waals surface area contributed by atoms with Crippen LogP contribution in [0.4, 0.5) is 0 Å². The zero-order valence-corrected chi connectivity index (χ0v) is 15.0. The van der Waals surface area contributed by atoms with Crippen molar-refractivity contribution in [3.05, 3.63) is 23.3 Å². The number of allylic oxidation sites excluding steroid dienone is 3. The van der Waals surface area contributed by atoms with Crippen LogP contribution in [0, 0.1) is 5.92 Å². The minimum Gasteiger partial charge on any atom is -0.379 e. The van der Waals surface area contributed by atoms with Crippen LogP contribution >= 0.6 is 11.8 Å². The maximum Gasteiger partial charge on any atom is 0.212 e. The quantitative estimate of drug-likeness (QED) is 0.580. The van der Waals surface area contributed by atoms with E-state index in [4.69, 9.17) is 4.74 Å². The second-order valence-corrected chi connectivity index (χ2v) is 7.52. The molecule has 0 radical (unpaired) electrons. The van der Waals surface area contributed by atoms with Crippen molar-refractivity contribution in [2.45, 2.75) is 64.9 Å². The molecule has 0 bridgehead atoms. The van der Waals surface area contributed by atoms with E-state index in [1.165, 1.54) is 35.7 Å². The zero-order chi connectivity index (χ0) is 15.9. The van der Waals surface area contributed by atoms with Gasteiger partial charge in [0.2, 0.25) is 5.12 Å². The maximum atomic E-state index is 11.4. The van der Waals surface area contributed by atoms with Crippen molar-refractivity contribution in [1.29, 1.82) is 0 Å². The highest BCUT2D eigenvalue weighted by Gasteiger charge is 2.17. The van der Waals surface area contributed by atoms with Gasteiger partial charge in [-0.05, 0) is 63.4 Å². The molecule has 1 aliphatic carbocycles. The summed E-state index contributed by atoms with van der Waals surface area (Å²) >= 11 is 1.29. The summed E-state index contributed by atoms with van der Waals surface area (Å²) < 4.78 is 5.46. The van der Waals surface area contributed by atoms with Gasteiger partial charge < -0.3 is 4.74 Å². The summed E-state index contributed by atoms with van der Waals surface area (Å²) in [4.78, 5) is 11.4. The van der Waals surface area contributed by atoms with Gasteiger partial charge in [-0.1, -0.05) is 43.2 Å². The summed E-state index contributed by atoms with van der Waals surface area (Å²) in [6.07, 6.45) is 12.8. The molecule has 0 saturated carbocycles. The molecule has 0 aliphatic heterocycles. The molecule has 120 valence electrons. The lowest BCUT2D eigenvalue weighted by atomic mass is 9.92. The molecule has 1 unspecified atom stereocenters. The molecule has 21 heavy (non-hydrogen) atoms. The normalized spacial score (nSPS) is 18.9. The summed E-state index contributed by atoms with van der Waals surface area (Å²) in [7, 11) is 1.79. The number of rotatable bonds is 8. The molecule has 0 N–H and O–H groups in total. The number of methoxy groups -OCH3 is 1. The van der Waals surface area contributed by atoms with E-state index in [0.717, 1.165) is 25.7 Å². The van der Waals surface area contributed by atoms with E-state index in [2.05, 4.69) is 26.8 Å². The highest BCUT2D eigenvalue weighted by molar-refractivity contribution is 8.13. The average molecular weight is 311 g/mol. The highest BCUT2D eigenvalue weighted by Crippen LogP contribution is 2.30. The van der Waals surface area contributed by atoms with Gasteiger partial charge in [0.1, 0.15) is 0 Å². The Balaban J connectivity index is 2.35. The largest absolute Gasteiger partial charge is 0.379 e. The third-order valence-corrected chi connectivity index (χ3v) is 4.79. The molecule has 0 fully saturated rings. The van der Waals surface area contributed by atoms with Crippen molar-refractivity contribution in [1.82, 2.24) is 0 Å². The second-order valence-electron chi connectivity index (χ2n) is 6.71. The van der Waals surface area contributed by atoms with Crippen molar-refractivity contribution in [3.63, 3.8) is 0 Å². The smallest absolute Gasteiger partial charge is 0.212 e. The zero-order valence-electron chi connectivity index (χ0n) is 14.2. The SMILES string of the molecule is COC(C)(C)CCCC(C)CC1=C/C(=C/C(=O)SC)CC1. The lowest BCUT2D eigenvalue weighted by Gasteiger charge is -2.23. The van der Waals surface area contributed by atoms with E-state index in [1.54, 1.807) is 13.2 Å². The molecular weight excluding hydrogens is 280 g/mol. The summed E-state index contributed by atoms with van der Waals surface area (Å²) in [5.41, 5.74) is 2.71. The lowest BCUT2D eigenvalue weighted by Crippen LogP contribution is -2.22. The molecule has 0 amide bonds. The molecule has 3 heteroatoms. The van der Waals surface area contributed by atoms with Gasteiger partial charge in [0, 0.05) is 7.11 Å². The Bertz CT molecular complexity index is 407. The summed E-state index contributed by atoms with van der Waals surface area (Å²) in [5.74, 6) is 0.708. The number of hydrogen-bond acceptors (Lipinski definition) is 3. The van der Waals surface area contributed by atoms with Crippen LogP contribution in [0.5, 0.6) is 0 Å². The third kappa shape index (κ3) is 7.32. The first kappa shape index (κ1) is 18.5. The van der Waals surface area contributed by atoms with Crippen LogP contribution in [0.2, 0.25) is 0 Å². The van der Waals surface area contributed by atoms with Gasteiger partial charge in [-0.15, -0.1) is 0 Å². The van der Waals surface area contributed by atoms with Crippen molar-refractivity contribution in [2.24, 2.45) is 5.92 Å². The van der Waals surface area contributed by atoms with Gasteiger partial charge in [-0.25, -0.2) is 0 Å². The predicted molar refractivity (Wildman–Crippen MR) is 92.6 cm³/mol. The van der Waals surface area contributed by atoms with Crippen LogP contribution in [-0.2, 0) is 9.53 Å². The minimum absolute atomic E-state index is 0.000431. The first-order valence-corrected chi connectivity index (χ1v) is 9.12. The monoisotopic (exact) mass is 310 g/mol. The first-order valence-electron chi connectivity index (χ1n) is 7.89. The van der Waals surface area contributed by atoms with Crippen LogP contribution < -0.4 is 0 Å². The van der Waals surface area contributed by atoms with Crippen molar-refractivity contribution >= 4 is 16.9 Å². The number of carbonyl (C=O) groups is 1. The van der Waals surface area contributed by atoms with Crippen molar-refractivity contribution in [2.75, 3.05) is 13.4 Å². The van der Waals surface area contributed by atoms with E-state index < -0.39 is 0 Å². The molecule has 1 atom stereocenters. The predicted octanol–water partition coefficient (Wildman–Crippen LogP) is 5.14. The topological polar surface area (TPSA) is 26.3 Å². The maximum absolute atomic E-state index is 11.4. The van der Waals surface area contributed by atoms with Gasteiger partial charge >= 0.3 is 0 Å². The molecule has 0 aromatic carbocycles. The Morgan fingerprint density at radius 2 is 2.19 bits per heavy atom. The minimum atomic E-state index is 0.000431. The van der Waals surface area contributed by atoms with Crippen LogP contribution in [-0.4, -0.2) is 24.1 Å². The fraction of sp³-hybridized carbons (Fsp3) is 0.722. The molecule has 0 saturated heterocycles. The van der Waals surface area contributed by atoms with Crippen LogP contribution in [0.15, 0.2) is 23.3 Å². The number of carbonyl (C=O) groups excluding carboxylic acids is 1. The van der Waals surface area contributed by atoms with Crippen molar-refractivity contribution < 1.29 is 9.53 Å². The molecular formula is C18H30O2S. The fourth-order valence-corrected chi connectivity index (χ4v) is 2.99. The third-order valence-electron chi connectivity index (χ3n) is 4.27. The van der Waals surface area contributed by atoms with Crippen LogP contribution in [0.25, 0.3) is 0 Å². The van der Waals surface area contributed by atoms with E-state index in [-0.39, 0.29) is 10.7 Å². The standard InChI is InChI=1S/C18H30O2S/c1-14(7-6-10-18(2,3)20-4)11-15-8-9-16(12-15)13-17(19)21-5/h12-14H,6-11H2,1-5H3/b16-13+. The summed E-state index contributed by atoms with van der Waals surface area (Å²) in [5, 5.41) is 0.164. The van der Waals surface area contributed by atoms with E-state index >= 15 is 0 Å². The van der Waals surface area contributed by atoms with Crippen LogP contribution in [0.3, 0.4) is 0 Å². The molecule has 1 rings (SSSR count). The van der Waals surface area contributed by atoms with E-state index in [0.29, 0.717) is 5.92 Å². The molecule has 0 spiro atoms. The molecule has 1 aliphatic rings. The molecule has 0 aromatic heterocycles. The number of thioether (sulfide) groups is 1. The van der Waals surface area contributed by atoms with Gasteiger partial charge in [0.15, 0.2) is 0 Å². The van der Waals surface area contributed by atoms with Gasteiger partial charge in [0.05, 0.1) is 5.60 Å². The Morgan fingerprint density at radius 1 is 1.48 bits per heavy atom. The van der Waals surface area contributed by atoms with Gasteiger partial charge in [-0.3, -0.25) is 4.79 Å². The van der Waals surface area contributed by atoms with Gasteiger partial charge in [0.25, 0.3) is 0 Å². The summed E-state index contributed by atoms with van der Waals surface area (Å²) in [6, 6.07) is 0. The number of hydrogen-bond donors (Lipinski definition) is 0. The van der Waals surface area contributed by atoms with E-state index in [1.807, 2.05) is 6.26 Å². The fourth-order valence-electron chi connectivity index (χ4n) is 2.72.